The molecule has 94 valence electrons. The Hall–Kier alpha value is -1.33. The van der Waals surface area contributed by atoms with Gasteiger partial charge in [0.1, 0.15) is 0 Å². The van der Waals surface area contributed by atoms with Crippen LogP contribution in [0.3, 0.4) is 0 Å². The van der Waals surface area contributed by atoms with Crippen LogP contribution in [0.1, 0.15) is 11.1 Å². The third-order valence-electron chi connectivity index (χ3n) is 2.30. The standard InChI is InChI=1S/C12H19N3OS/c1-9-4-5-10(2)11(8-9)14-15-12(17)13-6-7-16-3/h4-5,8,14H,6-7H2,1-3H3,(H2,13,15,17). The van der Waals surface area contributed by atoms with E-state index in [4.69, 9.17) is 17.0 Å². The highest BCUT2D eigenvalue weighted by Gasteiger charge is 1.98. The molecule has 1 aromatic carbocycles. The van der Waals surface area contributed by atoms with Crippen LogP contribution >= 0.6 is 12.2 Å². The number of hydrogen-bond donors (Lipinski definition) is 3. The minimum atomic E-state index is 0.558. The summed E-state index contributed by atoms with van der Waals surface area (Å²) in [5, 5.41) is 3.58. The number of aryl methyl sites for hydroxylation is 2. The van der Waals surface area contributed by atoms with E-state index in [0.717, 1.165) is 5.69 Å². The van der Waals surface area contributed by atoms with Crippen LogP contribution < -0.4 is 16.2 Å². The molecule has 0 radical (unpaired) electrons. The van der Waals surface area contributed by atoms with Crippen molar-refractivity contribution in [2.24, 2.45) is 0 Å². The van der Waals surface area contributed by atoms with Crippen LogP contribution in [0.25, 0.3) is 0 Å². The van der Waals surface area contributed by atoms with Crippen molar-refractivity contribution in [2.75, 3.05) is 25.7 Å². The molecule has 0 saturated carbocycles. The van der Waals surface area contributed by atoms with E-state index in [1.54, 1.807) is 7.11 Å². The van der Waals surface area contributed by atoms with E-state index in [-0.39, 0.29) is 0 Å². The summed E-state index contributed by atoms with van der Waals surface area (Å²) in [5.74, 6) is 0. The molecule has 0 aromatic heterocycles. The van der Waals surface area contributed by atoms with Gasteiger partial charge < -0.3 is 10.1 Å². The van der Waals surface area contributed by atoms with E-state index in [1.165, 1.54) is 11.1 Å². The van der Waals surface area contributed by atoms with E-state index in [9.17, 15) is 0 Å². The lowest BCUT2D eigenvalue weighted by atomic mass is 10.1. The van der Waals surface area contributed by atoms with Crippen molar-refractivity contribution in [1.29, 1.82) is 0 Å². The van der Waals surface area contributed by atoms with Gasteiger partial charge in [0.25, 0.3) is 0 Å². The van der Waals surface area contributed by atoms with Gasteiger partial charge in [-0.2, -0.15) is 0 Å². The van der Waals surface area contributed by atoms with Crippen LogP contribution in [0.2, 0.25) is 0 Å². The second-order valence-corrected chi connectivity index (χ2v) is 4.23. The van der Waals surface area contributed by atoms with Gasteiger partial charge in [-0.25, -0.2) is 0 Å². The molecular formula is C12H19N3OS. The van der Waals surface area contributed by atoms with Gasteiger partial charge in [0.2, 0.25) is 0 Å². The maximum Gasteiger partial charge on any atom is 0.185 e. The van der Waals surface area contributed by atoms with Crippen molar-refractivity contribution in [3.63, 3.8) is 0 Å². The van der Waals surface area contributed by atoms with Gasteiger partial charge in [0, 0.05) is 13.7 Å². The monoisotopic (exact) mass is 253 g/mol. The summed E-state index contributed by atoms with van der Waals surface area (Å²) in [6.07, 6.45) is 0. The second kappa shape index (κ2) is 7.09. The van der Waals surface area contributed by atoms with E-state index >= 15 is 0 Å². The third-order valence-corrected chi connectivity index (χ3v) is 2.54. The van der Waals surface area contributed by atoms with Crippen molar-refractivity contribution in [1.82, 2.24) is 10.7 Å². The molecule has 0 bridgehead atoms. The molecule has 0 aliphatic carbocycles. The highest BCUT2D eigenvalue weighted by Crippen LogP contribution is 2.14. The van der Waals surface area contributed by atoms with Gasteiger partial charge in [0.15, 0.2) is 5.11 Å². The van der Waals surface area contributed by atoms with Gasteiger partial charge in [0.05, 0.1) is 12.3 Å². The molecule has 0 aliphatic rings. The van der Waals surface area contributed by atoms with Gasteiger partial charge in [-0.1, -0.05) is 12.1 Å². The number of methoxy groups -OCH3 is 1. The maximum absolute atomic E-state index is 5.10. The quantitative estimate of drug-likeness (QED) is 0.424. The van der Waals surface area contributed by atoms with Crippen LogP contribution in [0.4, 0.5) is 5.69 Å². The molecule has 1 rings (SSSR count). The zero-order valence-electron chi connectivity index (χ0n) is 10.5. The van der Waals surface area contributed by atoms with E-state index < -0.39 is 0 Å². The summed E-state index contributed by atoms with van der Waals surface area (Å²) < 4.78 is 4.92. The normalized spacial score (nSPS) is 9.82. The van der Waals surface area contributed by atoms with E-state index in [1.807, 2.05) is 6.92 Å². The van der Waals surface area contributed by atoms with Crippen molar-refractivity contribution < 1.29 is 4.74 Å². The average Bonchev–Trinajstić information content (AvgIpc) is 2.31. The van der Waals surface area contributed by atoms with Crippen molar-refractivity contribution in [3.8, 4) is 0 Å². The summed E-state index contributed by atoms with van der Waals surface area (Å²) in [5.41, 5.74) is 9.43. The average molecular weight is 253 g/mol. The fraction of sp³-hybridized carbons (Fsp3) is 0.417. The smallest absolute Gasteiger partial charge is 0.185 e. The second-order valence-electron chi connectivity index (χ2n) is 3.82. The van der Waals surface area contributed by atoms with Crippen LogP contribution in [-0.4, -0.2) is 25.4 Å². The number of nitrogens with one attached hydrogen (secondary N) is 3. The number of benzene rings is 1. The summed E-state index contributed by atoms with van der Waals surface area (Å²) in [6.45, 7) is 5.42. The zero-order valence-corrected chi connectivity index (χ0v) is 11.3. The number of thiocarbonyl (C=S) groups is 1. The molecule has 0 fully saturated rings. The van der Waals surface area contributed by atoms with Crippen molar-refractivity contribution in [2.45, 2.75) is 13.8 Å². The number of anilines is 1. The molecule has 0 unspecified atom stereocenters. The predicted octanol–water partition coefficient (Wildman–Crippen LogP) is 1.74. The SMILES string of the molecule is COCCNC(=S)NNc1cc(C)ccc1C. The van der Waals surface area contributed by atoms with Gasteiger partial charge >= 0.3 is 0 Å². The fourth-order valence-corrected chi connectivity index (χ4v) is 1.46. The first-order valence-electron chi connectivity index (χ1n) is 5.49. The molecule has 0 atom stereocenters. The van der Waals surface area contributed by atoms with E-state index in [2.05, 4.69) is 41.3 Å². The number of hydrazine groups is 1. The maximum atomic E-state index is 5.10. The first-order valence-corrected chi connectivity index (χ1v) is 5.90. The van der Waals surface area contributed by atoms with Crippen LogP contribution in [-0.2, 0) is 4.74 Å². The highest BCUT2D eigenvalue weighted by atomic mass is 32.1. The number of ether oxygens (including phenoxy) is 1. The Morgan fingerprint density at radius 3 is 2.82 bits per heavy atom. The molecule has 0 spiro atoms. The summed E-state index contributed by atoms with van der Waals surface area (Å²) in [6, 6.07) is 6.22. The van der Waals surface area contributed by atoms with Crippen LogP contribution in [0, 0.1) is 13.8 Å². The van der Waals surface area contributed by atoms with E-state index in [0.29, 0.717) is 18.3 Å². The predicted molar refractivity (Wildman–Crippen MR) is 75.2 cm³/mol. The molecule has 0 amide bonds. The molecule has 4 nitrogen and oxygen atoms in total. The van der Waals surface area contributed by atoms with Crippen LogP contribution in [0.5, 0.6) is 0 Å². The van der Waals surface area contributed by atoms with Crippen molar-refractivity contribution in [3.05, 3.63) is 29.3 Å². The van der Waals surface area contributed by atoms with Gasteiger partial charge in [-0.3, -0.25) is 10.9 Å². The molecule has 0 aliphatic heterocycles. The number of rotatable bonds is 5. The molecule has 0 saturated heterocycles. The lowest BCUT2D eigenvalue weighted by Gasteiger charge is -2.14. The first-order chi connectivity index (χ1) is 8.13. The Balaban J connectivity index is 2.39. The molecule has 0 heterocycles. The zero-order chi connectivity index (χ0) is 12.7. The minimum Gasteiger partial charge on any atom is -0.383 e. The molecule has 17 heavy (non-hydrogen) atoms. The Bertz CT molecular complexity index is 382. The van der Waals surface area contributed by atoms with Crippen LogP contribution in [0.15, 0.2) is 18.2 Å². The Morgan fingerprint density at radius 2 is 2.12 bits per heavy atom. The Kier molecular flexibility index (Phi) is 5.72. The fourth-order valence-electron chi connectivity index (χ4n) is 1.31. The largest absolute Gasteiger partial charge is 0.383 e. The lowest BCUT2D eigenvalue weighted by molar-refractivity contribution is 0.204. The summed E-state index contributed by atoms with van der Waals surface area (Å²) >= 11 is 5.10. The Labute approximate surface area is 108 Å². The number of hydrogen-bond acceptors (Lipinski definition) is 3. The minimum absolute atomic E-state index is 0.558. The lowest BCUT2D eigenvalue weighted by Crippen LogP contribution is -2.40. The highest BCUT2D eigenvalue weighted by molar-refractivity contribution is 7.80. The van der Waals surface area contributed by atoms with Crippen molar-refractivity contribution >= 4 is 23.0 Å². The molecule has 3 N–H and O–H groups in total. The topological polar surface area (TPSA) is 45.3 Å². The van der Waals surface area contributed by atoms with Gasteiger partial charge in [-0.15, -0.1) is 0 Å². The summed E-state index contributed by atoms with van der Waals surface area (Å²) in [4.78, 5) is 0. The van der Waals surface area contributed by atoms with Gasteiger partial charge in [-0.05, 0) is 43.3 Å². The Morgan fingerprint density at radius 1 is 1.35 bits per heavy atom. The molecule has 1 aromatic rings. The summed E-state index contributed by atoms with van der Waals surface area (Å²) in [7, 11) is 1.66. The first kappa shape index (κ1) is 13.7. The third kappa shape index (κ3) is 5.01. The molecular weight excluding hydrogens is 234 g/mol. The molecule has 5 heteroatoms.